The highest BCUT2D eigenvalue weighted by molar-refractivity contribution is 5.20. The van der Waals surface area contributed by atoms with Crippen LogP contribution in [0.2, 0.25) is 0 Å². The molecule has 2 N–H and O–H groups in total. The summed E-state index contributed by atoms with van der Waals surface area (Å²) in [7, 11) is 0. The maximum absolute atomic E-state index is 6.29. The van der Waals surface area contributed by atoms with Gasteiger partial charge in [-0.25, -0.2) is 5.84 Å². The summed E-state index contributed by atoms with van der Waals surface area (Å²) in [5, 5.41) is 1.98. The van der Waals surface area contributed by atoms with E-state index in [0.717, 1.165) is 6.54 Å². The minimum Gasteiger partial charge on any atom is -0.311 e. The summed E-state index contributed by atoms with van der Waals surface area (Å²) in [5.74, 6) is 6.94. The quantitative estimate of drug-likeness (QED) is 0.604. The predicted octanol–water partition coefficient (Wildman–Crippen LogP) is 2.98. The van der Waals surface area contributed by atoms with Crippen LogP contribution >= 0.6 is 0 Å². The molecule has 1 heterocycles. The summed E-state index contributed by atoms with van der Waals surface area (Å²) < 4.78 is 0. The number of hydrogen-bond acceptors (Lipinski definition) is 3. The van der Waals surface area contributed by atoms with Crippen molar-refractivity contribution >= 4 is 0 Å². The summed E-state index contributed by atoms with van der Waals surface area (Å²) in [4.78, 5) is 2.52. The fraction of sp³-hybridized carbons (Fsp3) is 0.867. The molecule has 0 spiro atoms. The number of rotatable bonds is 5. The van der Waals surface area contributed by atoms with Crippen LogP contribution in [-0.4, -0.2) is 35.1 Å². The monoisotopic (exact) mass is 253 g/mol. The molecule has 0 aliphatic carbocycles. The van der Waals surface area contributed by atoms with Crippen molar-refractivity contribution < 1.29 is 0 Å². The number of nitrogens with zero attached hydrogens (tertiary/aromatic N) is 2. The molecule has 1 aliphatic rings. The molecule has 0 aromatic carbocycles. The zero-order valence-electron chi connectivity index (χ0n) is 13.0. The van der Waals surface area contributed by atoms with Gasteiger partial charge in [-0.05, 0) is 52.0 Å². The number of nitrogens with two attached hydrogens (primary N) is 1. The van der Waals surface area contributed by atoms with E-state index in [0.29, 0.717) is 18.0 Å². The van der Waals surface area contributed by atoms with Crippen molar-refractivity contribution in [3.63, 3.8) is 0 Å². The van der Waals surface area contributed by atoms with Gasteiger partial charge in [-0.2, -0.15) is 0 Å². The molecule has 0 bridgehead atoms. The van der Waals surface area contributed by atoms with Gasteiger partial charge in [-0.1, -0.05) is 13.8 Å². The molecule has 3 heteroatoms. The van der Waals surface area contributed by atoms with Crippen LogP contribution in [0.15, 0.2) is 11.3 Å². The van der Waals surface area contributed by atoms with E-state index < -0.39 is 0 Å². The van der Waals surface area contributed by atoms with Crippen LogP contribution in [0, 0.1) is 5.92 Å². The highest BCUT2D eigenvalue weighted by Crippen LogP contribution is 2.29. The van der Waals surface area contributed by atoms with Gasteiger partial charge in [0, 0.05) is 30.9 Å². The lowest BCUT2D eigenvalue weighted by molar-refractivity contribution is 0.176. The predicted molar refractivity (Wildman–Crippen MR) is 79.0 cm³/mol. The molecule has 1 atom stereocenters. The van der Waals surface area contributed by atoms with E-state index in [2.05, 4.69) is 46.4 Å². The number of hydrazine groups is 1. The van der Waals surface area contributed by atoms with Gasteiger partial charge >= 0.3 is 0 Å². The zero-order valence-corrected chi connectivity index (χ0v) is 13.0. The maximum Gasteiger partial charge on any atom is 0.0430 e. The van der Waals surface area contributed by atoms with E-state index in [4.69, 9.17) is 5.84 Å². The summed E-state index contributed by atoms with van der Waals surface area (Å²) in [6, 6.07) is 0.963. The van der Waals surface area contributed by atoms with Gasteiger partial charge in [0.1, 0.15) is 0 Å². The van der Waals surface area contributed by atoms with Crippen molar-refractivity contribution in [1.82, 2.24) is 9.91 Å². The normalized spacial score (nSPS) is 19.8. The maximum atomic E-state index is 6.29. The fourth-order valence-corrected chi connectivity index (χ4v) is 2.56. The summed E-state index contributed by atoms with van der Waals surface area (Å²) in [6.07, 6.45) is 2.37. The smallest absolute Gasteiger partial charge is 0.0430 e. The van der Waals surface area contributed by atoms with Gasteiger partial charge in [0.2, 0.25) is 0 Å². The minimum atomic E-state index is 0.367. The lowest BCUT2D eigenvalue weighted by atomic mass is 9.90. The van der Waals surface area contributed by atoms with Crippen molar-refractivity contribution in [2.24, 2.45) is 11.8 Å². The van der Waals surface area contributed by atoms with Crippen molar-refractivity contribution in [2.75, 3.05) is 13.1 Å². The highest BCUT2D eigenvalue weighted by atomic mass is 15.4. The van der Waals surface area contributed by atoms with Crippen LogP contribution in [-0.2, 0) is 0 Å². The van der Waals surface area contributed by atoms with E-state index in [-0.39, 0.29) is 0 Å². The van der Waals surface area contributed by atoms with Crippen LogP contribution in [0.1, 0.15) is 54.4 Å². The SMILES string of the molecule is CCC(C)C1=C(N(N)C(C)C)CN(C(C)C)CC1. The molecule has 106 valence electrons. The molecule has 0 radical (unpaired) electrons. The molecular formula is C15H31N3. The molecule has 1 unspecified atom stereocenters. The number of hydrogen-bond donors (Lipinski definition) is 1. The first-order chi connectivity index (χ1) is 8.38. The van der Waals surface area contributed by atoms with Gasteiger partial charge in [-0.3, -0.25) is 4.90 Å². The molecule has 3 nitrogen and oxygen atoms in total. The second-order valence-electron chi connectivity index (χ2n) is 6.10. The first-order valence-corrected chi connectivity index (χ1v) is 7.38. The van der Waals surface area contributed by atoms with E-state index in [1.807, 2.05) is 5.01 Å². The van der Waals surface area contributed by atoms with Gasteiger partial charge in [0.15, 0.2) is 0 Å². The van der Waals surface area contributed by atoms with Crippen LogP contribution in [0.4, 0.5) is 0 Å². The van der Waals surface area contributed by atoms with Crippen molar-refractivity contribution in [1.29, 1.82) is 0 Å². The third kappa shape index (κ3) is 3.48. The first kappa shape index (κ1) is 15.5. The summed E-state index contributed by atoms with van der Waals surface area (Å²) in [6.45, 7) is 15.6. The summed E-state index contributed by atoms with van der Waals surface area (Å²) in [5.41, 5.74) is 2.94. The van der Waals surface area contributed by atoms with Crippen LogP contribution in [0.5, 0.6) is 0 Å². The van der Waals surface area contributed by atoms with Crippen LogP contribution in [0.25, 0.3) is 0 Å². The van der Waals surface area contributed by atoms with Crippen molar-refractivity contribution in [3.8, 4) is 0 Å². The molecule has 1 aliphatic heterocycles. The lowest BCUT2D eigenvalue weighted by Crippen LogP contribution is -2.47. The Bertz CT molecular complexity index is 294. The van der Waals surface area contributed by atoms with Gasteiger partial charge in [0.25, 0.3) is 0 Å². The van der Waals surface area contributed by atoms with E-state index >= 15 is 0 Å². The molecule has 1 rings (SSSR count). The average Bonchev–Trinajstić information content (AvgIpc) is 2.35. The Hall–Kier alpha value is -0.540. The van der Waals surface area contributed by atoms with Gasteiger partial charge in [-0.15, -0.1) is 0 Å². The Balaban J connectivity index is 2.99. The molecule has 0 fully saturated rings. The molecule has 0 aromatic heterocycles. The molecule has 18 heavy (non-hydrogen) atoms. The molecule has 0 aromatic rings. The topological polar surface area (TPSA) is 32.5 Å². The Morgan fingerprint density at radius 2 is 1.83 bits per heavy atom. The average molecular weight is 253 g/mol. The summed E-state index contributed by atoms with van der Waals surface area (Å²) >= 11 is 0. The third-order valence-electron chi connectivity index (χ3n) is 4.20. The zero-order chi connectivity index (χ0) is 13.9. The third-order valence-corrected chi connectivity index (χ3v) is 4.20. The van der Waals surface area contributed by atoms with Gasteiger partial charge in [0.05, 0.1) is 0 Å². The Kier molecular flexibility index (Phi) is 5.67. The highest BCUT2D eigenvalue weighted by Gasteiger charge is 2.26. The van der Waals surface area contributed by atoms with Gasteiger partial charge < -0.3 is 5.01 Å². The fourth-order valence-electron chi connectivity index (χ4n) is 2.56. The largest absolute Gasteiger partial charge is 0.311 e. The molecule has 0 amide bonds. The van der Waals surface area contributed by atoms with E-state index in [1.54, 1.807) is 5.57 Å². The first-order valence-electron chi connectivity index (χ1n) is 7.38. The van der Waals surface area contributed by atoms with Crippen molar-refractivity contribution in [3.05, 3.63) is 11.3 Å². The van der Waals surface area contributed by atoms with E-state index in [1.165, 1.54) is 25.1 Å². The Labute approximate surface area is 113 Å². The van der Waals surface area contributed by atoms with E-state index in [9.17, 15) is 0 Å². The minimum absolute atomic E-state index is 0.367. The molecular weight excluding hydrogens is 222 g/mol. The second-order valence-corrected chi connectivity index (χ2v) is 6.10. The molecule has 0 saturated carbocycles. The Morgan fingerprint density at radius 1 is 1.22 bits per heavy atom. The molecule has 0 saturated heterocycles. The standard InChI is InChI=1S/C15H31N3/c1-7-13(6)14-8-9-17(11(2)3)10-15(14)18(16)12(4)5/h11-13H,7-10,16H2,1-6H3. The second kappa shape index (κ2) is 6.58. The lowest BCUT2D eigenvalue weighted by Gasteiger charge is -2.40. The van der Waals surface area contributed by atoms with Crippen LogP contribution in [0.3, 0.4) is 0 Å². The Morgan fingerprint density at radius 3 is 2.28 bits per heavy atom. The van der Waals surface area contributed by atoms with Crippen molar-refractivity contribution in [2.45, 2.75) is 66.5 Å². The van der Waals surface area contributed by atoms with Crippen LogP contribution < -0.4 is 5.84 Å².